The molecule has 1 aliphatic heterocycles. The zero-order chi connectivity index (χ0) is 13.9. The molecule has 0 atom stereocenters. The van der Waals surface area contributed by atoms with Crippen LogP contribution >= 0.6 is 11.6 Å². The molecule has 1 heterocycles. The van der Waals surface area contributed by atoms with Gasteiger partial charge in [-0.05, 0) is 31.2 Å². The molecule has 0 unspecified atom stereocenters. The van der Waals surface area contributed by atoms with Crippen molar-refractivity contribution in [2.75, 3.05) is 32.7 Å². The van der Waals surface area contributed by atoms with Crippen molar-refractivity contribution >= 4 is 21.6 Å². The van der Waals surface area contributed by atoms with E-state index < -0.39 is 10.0 Å². The Morgan fingerprint density at radius 2 is 1.89 bits per heavy atom. The number of piperazine rings is 1. The zero-order valence-electron chi connectivity index (χ0n) is 11.0. The third kappa shape index (κ3) is 3.48. The molecule has 1 fully saturated rings. The van der Waals surface area contributed by atoms with E-state index in [1.54, 1.807) is 22.5 Å². The van der Waals surface area contributed by atoms with Crippen molar-refractivity contribution in [3.63, 3.8) is 0 Å². The Morgan fingerprint density at radius 1 is 1.21 bits per heavy atom. The van der Waals surface area contributed by atoms with Gasteiger partial charge in [0.2, 0.25) is 10.0 Å². The van der Waals surface area contributed by atoms with Crippen molar-refractivity contribution in [3.05, 3.63) is 29.3 Å². The van der Waals surface area contributed by atoms with E-state index in [9.17, 15) is 8.42 Å². The highest BCUT2D eigenvalue weighted by Gasteiger charge is 2.28. The summed E-state index contributed by atoms with van der Waals surface area (Å²) in [5, 5.41) is 0.450. The molecule has 0 amide bonds. The fourth-order valence-corrected chi connectivity index (χ4v) is 4.01. The molecule has 2 rings (SSSR count). The number of nitrogens with zero attached hydrogens (tertiary/aromatic N) is 2. The molecule has 6 heteroatoms. The molecular formula is C13H19ClN2O2S. The number of halogens is 1. The van der Waals surface area contributed by atoms with Crippen LogP contribution in [0.15, 0.2) is 29.2 Å². The first kappa shape index (κ1) is 14.8. The van der Waals surface area contributed by atoms with Gasteiger partial charge in [-0.2, -0.15) is 4.31 Å². The monoisotopic (exact) mass is 302 g/mol. The summed E-state index contributed by atoms with van der Waals surface area (Å²) >= 11 is 5.86. The third-order valence-electron chi connectivity index (χ3n) is 3.30. The minimum absolute atomic E-state index is 0.281. The second-order valence-electron chi connectivity index (χ2n) is 4.70. The summed E-state index contributed by atoms with van der Waals surface area (Å²) < 4.78 is 26.5. The Labute approximate surface area is 120 Å². The molecule has 4 nitrogen and oxygen atoms in total. The SMILES string of the molecule is CCCN1CCN(S(=O)(=O)c2cccc(Cl)c2)CC1. The lowest BCUT2D eigenvalue weighted by Gasteiger charge is -2.33. The Kier molecular flexibility index (Phi) is 4.84. The molecule has 1 aromatic carbocycles. The Balaban J connectivity index is 2.10. The van der Waals surface area contributed by atoms with E-state index in [0.717, 1.165) is 26.1 Å². The van der Waals surface area contributed by atoms with E-state index in [1.807, 2.05) is 0 Å². The van der Waals surface area contributed by atoms with Gasteiger partial charge in [0.1, 0.15) is 0 Å². The Morgan fingerprint density at radius 3 is 2.47 bits per heavy atom. The topological polar surface area (TPSA) is 40.6 Å². The predicted octanol–water partition coefficient (Wildman–Crippen LogP) is 2.06. The van der Waals surface area contributed by atoms with Crippen molar-refractivity contribution in [2.45, 2.75) is 18.2 Å². The molecule has 0 bridgehead atoms. The fraction of sp³-hybridized carbons (Fsp3) is 0.538. The zero-order valence-corrected chi connectivity index (χ0v) is 12.6. The lowest BCUT2D eigenvalue weighted by molar-refractivity contribution is 0.188. The van der Waals surface area contributed by atoms with Crippen molar-refractivity contribution in [2.24, 2.45) is 0 Å². The van der Waals surface area contributed by atoms with Crippen molar-refractivity contribution in [1.29, 1.82) is 0 Å². The van der Waals surface area contributed by atoms with Gasteiger partial charge in [-0.1, -0.05) is 24.6 Å². The van der Waals surface area contributed by atoms with Crippen LogP contribution in [0.25, 0.3) is 0 Å². The van der Waals surface area contributed by atoms with E-state index in [-0.39, 0.29) is 4.90 Å². The number of hydrogen-bond donors (Lipinski definition) is 0. The van der Waals surface area contributed by atoms with Gasteiger partial charge in [-0.3, -0.25) is 0 Å². The van der Waals surface area contributed by atoms with Crippen LogP contribution in [0.1, 0.15) is 13.3 Å². The summed E-state index contributed by atoms with van der Waals surface area (Å²) in [4.78, 5) is 2.58. The molecule has 1 saturated heterocycles. The molecule has 0 radical (unpaired) electrons. The Bertz CT molecular complexity index is 525. The van der Waals surface area contributed by atoms with Crippen LogP contribution in [0, 0.1) is 0 Å². The second kappa shape index (κ2) is 6.22. The van der Waals surface area contributed by atoms with E-state index in [2.05, 4.69) is 11.8 Å². The van der Waals surface area contributed by atoms with Crippen LogP contribution in [-0.2, 0) is 10.0 Å². The lowest BCUT2D eigenvalue weighted by Crippen LogP contribution is -2.48. The molecule has 1 aliphatic rings. The summed E-state index contributed by atoms with van der Waals surface area (Å²) in [5.74, 6) is 0. The molecule has 106 valence electrons. The minimum Gasteiger partial charge on any atom is -0.301 e. The van der Waals surface area contributed by atoms with Crippen LogP contribution in [0.4, 0.5) is 0 Å². The summed E-state index contributed by atoms with van der Waals surface area (Å²) in [5.41, 5.74) is 0. The highest BCUT2D eigenvalue weighted by atomic mass is 35.5. The molecule has 0 aliphatic carbocycles. The average molecular weight is 303 g/mol. The quantitative estimate of drug-likeness (QED) is 0.855. The van der Waals surface area contributed by atoms with Gasteiger partial charge in [0, 0.05) is 31.2 Å². The van der Waals surface area contributed by atoms with Gasteiger partial charge >= 0.3 is 0 Å². The van der Waals surface area contributed by atoms with E-state index in [4.69, 9.17) is 11.6 Å². The van der Waals surface area contributed by atoms with Crippen LogP contribution in [0.5, 0.6) is 0 Å². The molecule has 0 saturated carbocycles. The molecule has 0 aromatic heterocycles. The van der Waals surface area contributed by atoms with Gasteiger partial charge in [0.15, 0.2) is 0 Å². The molecule has 19 heavy (non-hydrogen) atoms. The molecule has 1 aromatic rings. The first-order valence-corrected chi connectivity index (χ1v) is 8.34. The van der Waals surface area contributed by atoms with Gasteiger partial charge in [0.05, 0.1) is 4.90 Å². The van der Waals surface area contributed by atoms with E-state index in [1.165, 1.54) is 6.07 Å². The largest absolute Gasteiger partial charge is 0.301 e. The highest BCUT2D eigenvalue weighted by molar-refractivity contribution is 7.89. The predicted molar refractivity (Wildman–Crippen MR) is 76.9 cm³/mol. The lowest BCUT2D eigenvalue weighted by atomic mass is 10.3. The number of sulfonamides is 1. The van der Waals surface area contributed by atoms with E-state index >= 15 is 0 Å². The maximum absolute atomic E-state index is 12.5. The van der Waals surface area contributed by atoms with Gasteiger partial charge in [-0.15, -0.1) is 0 Å². The number of benzene rings is 1. The van der Waals surface area contributed by atoms with Gasteiger partial charge in [-0.25, -0.2) is 8.42 Å². The van der Waals surface area contributed by atoms with Gasteiger partial charge < -0.3 is 4.90 Å². The average Bonchev–Trinajstić information content (AvgIpc) is 2.40. The van der Waals surface area contributed by atoms with Crippen molar-refractivity contribution < 1.29 is 8.42 Å². The molecular weight excluding hydrogens is 284 g/mol. The minimum atomic E-state index is -3.40. The van der Waals surface area contributed by atoms with Crippen molar-refractivity contribution in [3.8, 4) is 0 Å². The van der Waals surface area contributed by atoms with Crippen LogP contribution in [0.3, 0.4) is 0 Å². The van der Waals surface area contributed by atoms with Crippen molar-refractivity contribution in [1.82, 2.24) is 9.21 Å². The summed E-state index contributed by atoms with van der Waals surface area (Å²) in [6, 6.07) is 6.46. The van der Waals surface area contributed by atoms with Crippen LogP contribution in [-0.4, -0.2) is 50.3 Å². The summed E-state index contributed by atoms with van der Waals surface area (Å²) in [6.07, 6.45) is 1.10. The number of rotatable bonds is 4. The van der Waals surface area contributed by atoms with Gasteiger partial charge in [0.25, 0.3) is 0 Å². The van der Waals surface area contributed by atoms with Crippen LogP contribution < -0.4 is 0 Å². The third-order valence-corrected chi connectivity index (χ3v) is 5.43. The maximum Gasteiger partial charge on any atom is 0.243 e. The Hall–Kier alpha value is -0.620. The smallest absolute Gasteiger partial charge is 0.243 e. The first-order valence-electron chi connectivity index (χ1n) is 6.52. The highest BCUT2D eigenvalue weighted by Crippen LogP contribution is 2.20. The standard InChI is InChI=1S/C13H19ClN2O2S/c1-2-6-15-7-9-16(10-8-15)19(17,18)13-5-3-4-12(14)11-13/h3-5,11H,2,6-10H2,1H3. The second-order valence-corrected chi connectivity index (χ2v) is 7.08. The fourth-order valence-electron chi connectivity index (χ4n) is 2.29. The summed E-state index contributed by atoms with van der Waals surface area (Å²) in [6.45, 7) is 5.87. The normalized spacial score (nSPS) is 18.6. The molecule has 0 spiro atoms. The van der Waals surface area contributed by atoms with E-state index in [0.29, 0.717) is 18.1 Å². The first-order chi connectivity index (χ1) is 9.04. The molecule has 0 N–H and O–H groups in total. The maximum atomic E-state index is 12.5. The number of hydrogen-bond acceptors (Lipinski definition) is 3. The summed E-state index contributed by atoms with van der Waals surface area (Å²) in [7, 11) is -3.40. The van der Waals surface area contributed by atoms with Crippen LogP contribution in [0.2, 0.25) is 5.02 Å².